The molecule has 0 spiro atoms. The van der Waals surface area contributed by atoms with Gasteiger partial charge in [-0.05, 0) is 45.3 Å². The third-order valence-electron chi connectivity index (χ3n) is 6.86. The first-order valence-corrected chi connectivity index (χ1v) is 16.7. The molecule has 2 unspecified atom stereocenters. The number of ether oxygens (including phenoxy) is 2. The van der Waals surface area contributed by atoms with Gasteiger partial charge in [-0.25, -0.2) is 0 Å². The van der Waals surface area contributed by atoms with Crippen molar-refractivity contribution in [3.63, 3.8) is 0 Å². The zero-order valence-corrected chi connectivity index (χ0v) is 24.3. The number of carbonyl (C=O) groups excluding carboxylic acids is 1. The molecule has 36 heavy (non-hydrogen) atoms. The molecule has 214 valence electrons. The molecule has 0 aromatic carbocycles. The second-order valence-corrected chi connectivity index (χ2v) is 12.3. The van der Waals surface area contributed by atoms with E-state index < -0.39 is 13.7 Å². The van der Waals surface area contributed by atoms with Crippen LogP contribution < -0.4 is 0 Å². The van der Waals surface area contributed by atoms with Crippen molar-refractivity contribution in [2.75, 3.05) is 45.6 Å². The van der Waals surface area contributed by atoms with Crippen molar-refractivity contribution in [3.05, 3.63) is 0 Å². The number of likely N-dealkylation sites (tertiary alicyclic amines) is 1. The average molecular weight is 534 g/mol. The summed E-state index contributed by atoms with van der Waals surface area (Å²) < 4.78 is 28.8. The van der Waals surface area contributed by atoms with E-state index in [0.29, 0.717) is 13.0 Å². The van der Waals surface area contributed by atoms with Crippen LogP contribution in [-0.4, -0.2) is 67.5 Å². The van der Waals surface area contributed by atoms with E-state index in [0.717, 1.165) is 32.5 Å². The van der Waals surface area contributed by atoms with Gasteiger partial charge < -0.3 is 23.8 Å². The van der Waals surface area contributed by atoms with E-state index in [1.54, 1.807) is 6.92 Å². The van der Waals surface area contributed by atoms with Crippen molar-refractivity contribution >= 4 is 13.6 Å². The quantitative estimate of drug-likeness (QED) is 0.0761. The number of nitrogens with zero attached hydrogens (tertiary/aromatic N) is 1. The van der Waals surface area contributed by atoms with Crippen LogP contribution in [0.15, 0.2) is 0 Å². The predicted molar refractivity (Wildman–Crippen MR) is 148 cm³/mol. The molecule has 1 N–H and O–H groups in total. The summed E-state index contributed by atoms with van der Waals surface area (Å²) in [6, 6.07) is 0. The summed E-state index contributed by atoms with van der Waals surface area (Å²) in [7, 11) is -3.70. The number of carbonyl (C=O) groups is 1. The minimum absolute atomic E-state index is 0.109. The lowest BCUT2D eigenvalue weighted by Gasteiger charge is -2.21. The fourth-order valence-corrected chi connectivity index (χ4v) is 5.66. The monoisotopic (exact) mass is 533 g/mol. The third kappa shape index (κ3) is 19.6. The number of rotatable bonds is 25. The Balaban J connectivity index is 2.07. The van der Waals surface area contributed by atoms with Gasteiger partial charge in [0.05, 0.1) is 19.4 Å². The summed E-state index contributed by atoms with van der Waals surface area (Å²) >= 11 is 0. The van der Waals surface area contributed by atoms with E-state index in [9.17, 15) is 14.3 Å². The summed E-state index contributed by atoms with van der Waals surface area (Å²) in [5.41, 5.74) is 0. The Morgan fingerprint density at radius 3 is 1.94 bits per heavy atom. The molecule has 1 rings (SSSR count). The van der Waals surface area contributed by atoms with Gasteiger partial charge in [0.25, 0.3) is 0 Å². The zero-order valence-electron chi connectivity index (χ0n) is 23.4. The minimum atomic E-state index is -3.70. The Bertz CT molecular complexity index is 570. The summed E-state index contributed by atoms with van der Waals surface area (Å²) in [4.78, 5) is 24.2. The average Bonchev–Trinajstić information content (AvgIpc) is 3.38. The van der Waals surface area contributed by atoms with Crippen molar-refractivity contribution in [2.45, 2.75) is 129 Å². The molecule has 0 aromatic heterocycles. The van der Waals surface area contributed by atoms with E-state index in [1.165, 1.54) is 83.5 Å². The molecule has 0 aliphatic carbocycles. The van der Waals surface area contributed by atoms with Gasteiger partial charge in [0.1, 0.15) is 6.10 Å². The molecule has 0 bridgehead atoms. The normalized spacial score (nSPS) is 16.8. The number of hydrogen-bond donors (Lipinski definition) is 1. The van der Waals surface area contributed by atoms with Crippen LogP contribution in [0.1, 0.15) is 123 Å². The van der Waals surface area contributed by atoms with Gasteiger partial charge in [-0.1, -0.05) is 90.9 Å². The zero-order chi connectivity index (χ0) is 26.3. The first-order valence-electron chi connectivity index (χ1n) is 14.9. The minimum Gasteiger partial charge on any atom is -0.457 e. The highest BCUT2D eigenvalue weighted by molar-refractivity contribution is 7.52. The van der Waals surface area contributed by atoms with Crippen molar-refractivity contribution in [1.82, 2.24) is 4.90 Å². The Morgan fingerprint density at radius 2 is 1.39 bits per heavy atom. The second kappa shape index (κ2) is 22.5. The largest absolute Gasteiger partial charge is 0.457 e. The molecule has 0 radical (unpaired) electrons. The third-order valence-corrected chi connectivity index (χ3v) is 8.29. The van der Waals surface area contributed by atoms with Crippen molar-refractivity contribution in [2.24, 2.45) is 0 Å². The van der Waals surface area contributed by atoms with E-state index in [1.807, 2.05) is 0 Å². The van der Waals surface area contributed by atoms with Gasteiger partial charge in [0, 0.05) is 13.0 Å². The van der Waals surface area contributed by atoms with E-state index in [2.05, 4.69) is 11.8 Å². The topological polar surface area (TPSA) is 85.3 Å². The SMILES string of the molecule is CCCCCCCCCCCCCCCOCC(COP(=O)(O)CCCN1CCCC1)OC(=O)CC. The molecule has 2 atom stereocenters. The summed E-state index contributed by atoms with van der Waals surface area (Å²) in [5.74, 6) is -0.352. The molecule has 1 aliphatic rings. The van der Waals surface area contributed by atoms with Gasteiger partial charge >= 0.3 is 13.6 Å². The molecular weight excluding hydrogens is 477 g/mol. The van der Waals surface area contributed by atoms with Gasteiger partial charge in [0.2, 0.25) is 0 Å². The molecule has 0 amide bonds. The van der Waals surface area contributed by atoms with Crippen LogP contribution >= 0.6 is 7.60 Å². The smallest absolute Gasteiger partial charge is 0.328 e. The number of unbranched alkanes of at least 4 members (excludes halogenated alkanes) is 12. The van der Waals surface area contributed by atoms with Gasteiger partial charge in [-0.2, -0.15) is 0 Å². The highest BCUT2D eigenvalue weighted by Gasteiger charge is 2.24. The van der Waals surface area contributed by atoms with Gasteiger partial charge in [0.15, 0.2) is 0 Å². The van der Waals surface area contributed by atoms with Crippen LogP contribution in [-0.2, 0) is 23.4 Å². The summed E-state index contributed by atoms with van der Waals surface area (Å²) in [6.45, 7) is 7.64. The first-order chi connectivity index (χ1) is 17.5. The predicted octanol–water partition coefficient (Wildman–Crippen LogP) is 7.10. The molecule has 7 nitrogen and oxygen atoms in total. The van der Waals surface area contributed by atoms with Crippen LogP contribution in [0.25, 0.3) is 0 Å². The van der Waals surface area contributed by atoms with Gasteiger partial charge in [-0.15, -0.1) is 0 Å². The fourth-order valence-electron chi connectivity index (χ4n) is 4.59. The molecular formula is C28H56NO6P. The molecule has 0 aromatic rings. The maximum atomic E-state index is 12.4. The second-order valence-electron chi connectivity index (χ2n) is 10.3. The van der Waals surface area contributed by atoms with Crippen molar-refractivity contribution in [1.29, 1.82) is 0 Å². The van der Waals surface area contributed by atoms with Crippen LogP contribution in [0.3, 0.4) is 0 Å². The van der Waals surface area contributed by atoms with E-state index >= 15 is 0 Å². The Morgan fingerprint density at radius 1 is 0.833 bits per heavy atom. The molecule has 0 saturated carbocycles. The standard InChI is InChI=1S/C28H56NO6P/c1-3-5-6-7-8-9-10-11-12-13-14-15-18-23-33-25-27(35-28(30)4-2)26-34-36(31,32)24-19-22-29-20-16-17-21-29/h27H,3-26H2,1-2H3,(H,31,32). The number of hydrogen-bond acceptors (Lipinski definition) is 6. The van der Waals surface area contributed by atoms with E-state index in [-0.39, 0.29) is 31.8 Å². The molecule has 1 fully saturated rings. The van der Waals surface area contributed by atoms with Crippen molar-refractivity contribution in [3.8, 4) is 0 Å². The lowest BCUT2D eigenvalue weighted by atomic mass is 10.0. The lowest BCUT2D eigenvalue weighted by molar-refractivity contribution is -0.153. The molecule has 1 saturated heterocycles. The Kier molecular flexibility index (Phi) is 21.0. The first kappa shape index (κ1) is 33.6. The molecule has 1 heterocycles. The van der Waals surface area contributed by atoms with Crippen LogP contribution in [0, 0.1) is 0 Å². The Hall–Kier alpha value is -0.460. The van der Waals surface area contributed by atoms with Crippen LogP contribution in [0.5, 0.6) is 0 Å². The van der Waals surface area contributed by atoms with Gasteiger partial charge in [-0.3, -0.25) is 9.36 Å². The van der Waals surface area contributed by atoms with Crippen LogP contribution in [0.2, 0.25) is 0 Å². The highest BCUT2D eigenvalue weighted by atomic mass is 31.2. The fraction of sp³-hybridized carbons (Fsp3) is 0.964. The maximum Gasteiger partial charge on any atom is 0.328 e. The van der Waals surface area contributed by atoms with Crippen molar-refractivity contribution < 1.29 is 28.3 Å². The molecule has 8 heteroatoms. The van der Waals surface area contributed by atoms with Crippen LogP contribution in [0.4, 0.5) is 0 Å². The Labute approximate surface area is 221 Å². The summed E-state index contributed by atoms with van der Waals surface area (Å²) in [5, 5.41) is 0. The lowest BCUT2D eigenvalue weighted by Crippen LogP contribution is -2.28. The highest BCUT2D eigenvalue weighted by Crippen LogP contribution is 2.42. The number of esters is 1. The van der Waals surface area contributed by atoms with E-state index in [4.69, 9.17) is 14.0 Å². The maximum absolute atomic E-state index is 12.4. The molecule has 1 aliphatic heterocycles. The summed E-state index contributed by atoms with van der Waals surface area (Å²) in [6.07, 6.45) is 19.7.